The van der Waals surface area contributed by atoms with E-state index in [4.69, 9.17) is 9.26 Å². The standard InChI is InChI=1S/C24H25N3O3/c1-2-3-4-7-14-29-18-12-10-17(11-13-18)24-16-22(27-30-24)21-15-20(25-26-21)19-8-5-6-9-23(19)28/h5-6,8-13,15-16,28H,2-4,7,14H2,1H3,(H,25,26). The molecule has 4 rings (SSSR count). The second-order valence-corrected chi connectivity index (χ2v) is 7.19. The molecular formula is C24H25N3O3. The zero-order valence-electron chi connectivity index (χ0n) is 17.0. The minimum absolute atomic E-state index is 0.184. The molecule has 0 unspecified atom stereocenters. The van der Waals surface area contributed by atoms with E-state index in [0.717, 1.165) is 30.0 Å². The molecule has 0 radical (unpaired) electrons. The number of hydrogen-bond acceptors (Lipinski definition) is 5. The van der Waals surface area contributed by atoms with Crippen molar-refractivity contribution in [2.24, 2.45) is 0 Å². The van der Waals surface area contributed by atoms with E-state index in [2.05, 4.69) is 22.3 Å². The van der Waals surface area contributed by atoms with Gasteiger partial charge in [0, 0.05) is 17.2 Å². The molecule has 2 aromatic carbocycles. The van der Waals surface area contributed by atoms with E-state index < -0.39 is 0 Å². The van der Waals surface area contributed by atoms with Crippen LogP contribution in [-0.4, -0.2) is 27.1 Å². The summed E-state index contributed by atoms with van der Waals surface area (Å²) in [6, 6.07) is 18.6. The molecule has 2 N–H and O–H groups in total. The predicted molar refractivity (Wildman–Crippen MR) is 116 cm³/mol. The normalized spacial score (nSPS) is 11.0. The monoisotopic (exact) mass is 403 g/mol. The summed E-state index contributed by atoms with van der Waals surface area (Å²) < 4.78 is 11.3. The van der Waals surface area contributed by atoms with Crippen molar-refractivity contribution in [3.63, 3.8) is 0 Å². The number of unbranched alkanes of at least 4 members (excludes halogenated alkanes) is 3. The Bertz CT molecular complexity index is 1080. The Hall–Kier alpha value is -3.54. The lowest BCUT2D eigenvalue weighted by Gasteiger charge is -2.06. The first-order valence-corrected chi connectivity index (χ1v) is 10.3. The molecule has 0 aliphatic heterocycles. The Labute approximate surface area is 175 Å². The molecule has 2 aromatic heterocycles. The number of hydrogen-bond donors (Lipinski definition) is 2. The number of ether oxygens (including phenoxy) is 1. The smallest absolute Gasteiger partial charge is 0.167 e. The van der Waals surface area contributed by atoms with Crippen LogP contribution in [0.5, 0.6) is 11.5 Å². The largest absolute Gasteiger partial charge is 0.507 e. The first-order chi connectivity index (χ1) is 14.7. The third-order valence-corrected chi connectivity index (χ3v) is 4.95. The van der Waals surface area contributed by atoms with Crippen LogP contribution in [-0.2, 0) is 0 Å². The second kappa shape index (κ2) is 9.31. The highest BCUT2D eigenvalue weighted by atomic mass is 16.5. The fourth-order valence-corrected chi connectivity index (χ4v) is 3.25. The topological polar surface area (TPSA) is 84.2 Å². The van der Waals surface area contributed by atoms with Gasteiger partial charge < -0.3 is 14.4 Å². The molecule has 6 nitrogen and oxygen atoms in total. The Balaban J connectivity index is 1.43. The van der Waals surface area contributed by atoms with E-state index in [-0.39, 0.29) is 5.75 Å². The summed E-state index contributed by atoms with van der Waals surface area (Å²) in [7, 11) is 0. The maximum absolute atomic E-state index is 10.0. The average Bonchev–Trinajstić information content (AvgIpc) is 3.44. The molecule has 0 amide bonds. The number of aromatic hydroxyl groups is 1. The molecule has 0 aliphatic carbocycles. The fraction of sp³-hybridized carbons (Fsp3) is 0.250. The Kier molecular flexibility index (Phi) is 6.13. The van der Waals surface area contributed by atoms with Crippen LogP contribution in [0.3, 0.4) is 0 Å². The molecule has 6 heteroatoms. The molecular weight excluding hydrogens is 378 g/mol. The minimum atomic E-state index is 0.184. The van der Waals surface area contributed by atoms with Crippen LogP contribution in [0, 0.1) is 0 Å². The van der Waals surface area contributed by atoms with Crippen molar-refractivity contribution in [3.8, 4) is 45.5 Å². The predicted octanol–water partition coefficient (Wildman–Crippen LogP) is 6.06. The van der Waals surface area contributed by atoms with Gasteiger partial charge in [-0.2, -0.15) is 5.10 Å². The van der Waals surface area contributed by atoms with Gasteiger partial charge >= 0.3 is 0 Å². The molecule has 0 atom stereocenters. The van der Waals surface area contributed by atoms with Crippen LogP contribution in [0.4, 0.5) is 0 Å². The number of phenolic OH excluding ortho intramolecular Hbond substituents is 1. The van der Waals surface area contributed by atoms with E-state index >= 15 is 0 Å². The number of H-pyrrole nitrogens is 1. The summed E-state index contributed by atoms with van der Waals surface area (Å²) >= 11 is 0. The lowest BCUT2D eigenvalue weighted by Crippen LogP contribution is -1.96. The SMILES string of the molecule is CCCCCCOc1ccc(-c2cc(-c3cc(-c4ccccc4O)n[nH]3)no2)cc1. The maximum atomic E-state index is 10.0. The minimum Gasteiger partial charge on any atom is -0.507 e. The number of benzene rings is 2. The number of nitrogens with zero attached hydrogens (tertiary/aromatic N) is 2. The van der Waals surface area contributed by atoms with Crippen molar-refractivity contribution in [1.29, 1.82) is 0 Å². The molecule has 0 bridgehead atoms. The fourth-order valence-electron chi connectivity index (χ4n) is 3.25. The van der Waals surface area contributed by atoms with E-state index in [1.807, 2.05) is 48.5 Å². The van der Waals surface area contributed by atoms with E-state index in [1.165, 1.54) is 19.3 Å². The molecule has 0 fully saturated rings. The number of para-hydroxylation sites is 1. The molecule has 2 heterocycles. The lowest BCUT2D eigenvalue weighted by molar-refractivity contribution is 0.305. The number of aromatic nitrogens is 3. The second-order valence-electron chi connectivity index (χ2n) is 7.19. The Morgan fingerprint density at radius 3 is 2.60 bits per heavy atom. The molecule has 0 saturated carbocycles. The summed E-state index contributed by atoms with van der Waals surface area (Å²) in [5, 5.41) is 21.4. The van der Waals surface area contributed by atoms with Crippen molar-refractivity contribution < 1.29 is 14.4 Å². The van der Waals surface area contributed by atoms with Crippen molar-refractivity contribution in [1.82, 2.24) is 15.4 Å². The van der Waals surface area contributed by atoms with Gasteiger partial charge in [0.05, 0.1) is 18.0 Å². The molecule has 154 valence electrons. The lowest BCUT2D eigenvalue weighted by atomic mass is 10.1. The molecule has 30 heavy (non-hydrogen) atoms. The van der Waals surface area contributed by atoms with Crippen LogP contribution in [0.2, 0.25) is 0 Å². The van der Waals surface area contributed by atoms with Crippen LogP contribution >= 0.6 is 0 Å². The van der Waals surface area contributed by atoms with Gasteiger partial charge in [-0.3, -0.25) is 5.10 Å². The van der Waals surface area contributed by atoms with Gasteiger partial charge in [-0.15, -0.1) is 0 Å². The number of rotatable bonds is 9. The highest BCUT2D eigenvalue weighted by Gasteiger charge is 2.13. The van der Waals surface area contributed by atoms with Crippen molar-refractivity contribution >= 4 is 0 Å². The zero-order valence-corrected chi connectivity index (χ0v) is 17.0. The number of aromatic amines is 1. The molecule has 4 aromatic rings. The highest BCUT2D eigenvalue weighted by molar-refractivity contribution is 5.72. The Morgan fingerprint density at radius 2 is 1.80 bits per heavy atom. The third-order valence-electron chi connectivity index (χ3n) is 4.95. The van der Waals surface area contributed by atoms with E-state index in [0.29, 0.717) is 22.7 Å². The zero-order chi connectivity index (χ0) is 20.8. The van der Waals surface area contributed by atoms with Crippen molar-refractivity contribution in [3.05, 3.63) is 60.7 Å². The highest BCUT2D eigenvalue weighted by Crippen LogP contribution is 2.31. The van der Waals surface area contributed by atoms with Crippen molar-refractivity contribution in [2.45, 2.75) is 32.6 Å². The first kappa shape index (κ1) is 19.8. The van der Waals surface area contributed by atoms with Gasteiger partial charge in [-0.25, -0.2) is 0 Å². The van der Waals surface area contributed by atoms with E-state index in [1.54, 1.807) is 12.1 Å². The third kappa shape index (κ3) is 4.54. The van der Waals surface area contributed by atoms with Gasteiger partial charge in [0.1, 0.15) is 17.2 Å². The quantitative estimate of drug-likeness (QED) is 0.332. The summed E-state index contributed by atoms with van der Waals surface area (Å²) in [5.74, 6) is 1.71. The average molecular weight is 403 g/mol. The molecule has 0 spiro atoms. The van der Waals surface area contributed by atoms with E-state index in [9.17, 15) is 5.11 Å². The summed E-state index contributed by atoms with van der Waals surface area (Å²) in [6.45, 7) is 2.94. The molecule has 0 saturated heterocycles. The first-order valence-electron chi connectivity index (χ1n) is 10.3. The van der Waals surface area contributed by atoms with Gasteiger partial charge in [0.15, 0.2) is 5.76 Å². The van der Waals surface area contributed by atoms with Gasteiger partial charge in [-0.05, 0) is 48.9 Å². The van der Waals surface area contributed by atoms with Crippen LogP contribution in [0.1, 0.15) is 32.6 Å². The van der Waals surface area contributed by atoms with Gasteiger partial charge in [0.2, 0.25) is 0 Å². The van der Waals surface area contributed by atoms with Crippen LogP contribution in [0.15, 0.2) is 65.2 Å². The summed E-state index contributed by atoms with van der Waals surface area (Å²) in [5.41, 5.74) is 3.60. The summed E-state index contributed by atoms with van der Waals surface area (Å²) in [6.07, 6.45) is 4.76. The maximum Gasteiger partial charge on any atom is 0.167 e. The molecule has 0 aliphatic rings. The number of nitrogens with one attached hydrogen (secondary N) is 1. The van der Waals surface area contributed by atoms with Crippen LogP contribution in [0.25, 0.3) is 34.0 Å². The Morgan fingerprint density at radius 1 is 0.967 bits per heavy atom. The van der Waals surface area contributed by atoms with Gasteiger partial charge in [-0.1, -0.05) is 43.5 Å². The summed E-state index contributed by atoms with van der Waals surface area (Å²) in [4.78, 5) is 0. The van der Waals surface area contributed by atoms with Crippen LogP contribution < -0.4 is 4.74 Å². The van der Waals surface area contributed by atoms with Gasteiger partial charge in [0.25, 0.3) is 0 Å². The van der Waals surface area contributed by atoms with Crippen molar-refractivity contribution in [2.75, 3.05) is 6.61 Å². The number of phenols is 1.